The predicted octanol–water partition coefficient (Wildman–Crippen LogP) is 0.179. The molecule has 1 saturated heterocycles. The molecular formula is C13H14O5. The lowest BCUT2D eigenvalue weighted by Crippen LogP contribution is -2.55. The zero-order valence-corrected chi connectivity index (χ0v) is 10.1. The molecule has 18 heavy (non-hydrogen) atoms. The lowest BCUT2D eigenvalue weighted by Gasteiger charge is -2.34. The van der Waals surface area contributed by atoms with E-state index in [1.807, 2.05) is 0 Å². The van der Waals surface area contributed by atoms with Gasteiger partial charge in [-0.05, 0) is 19.9 Å². The van der Waals surface area contributed by atoms with Crippen LogP contribution in [0.5, 0.6) is 0 Å². The standard InChI is InChI=1S/C13H14O5/c1-3-4-8-5-6-9(14)11(16)13(8)10(15)7(2)18-12(13)17/h3-8,11,16H,1-2H3/b4-3-/t7-,8-,11+,13-/m0/s1. The number of carbonyl (C=O) groups excluding carboxylic acids is 3. The van der Waals surface area contributed by atoms with E-state index in [0.717, 1.165) is 0 Å². The quantitative estimate of drug-likeness (QED) is 0.408. The van der Waals surface area contributed by atoms with Gasteiger partial charge < -0.3 is 9.84 Å². The minimum Gasteiger partial charge on any atom is -0.454 e. The van der Waals surface area contributed by atoms with E-state index < -0.39 is 41.1 Å². The number of esters is 1. The molecule has 4 atom stereocenters. The van der Waals surface area contributed by atoms with E-state index in [1.54, 1.807) is 19.1 Å². The van der Waals surface area contributed by atoms with Crippen LogP contribution in [0.3, 0.4) is 0 Å². The van der Waals surface area contributed by atoms with Gasteiger partial charge in [-0.1, -0.05) is 18.2 Å². The second kappa shape index (κ2) is 4.17. The van der Waals surface area contributed by atoms with Crippen LogP contribution in [0.1, 0.15) is 13.8 Å². The van der Waals surface area contributed by atoms with Crippen molar-refractivity contribution in [3.8, 4) is 0 Å². The minimum atomic E-state index is -1.81. The molecule has 1 fully saturated rings. The van der Waals surface area contributed by atoms with Gasteiger partial charge in [-0.15, -0.1) is 0 Å². The second-order valence-electron chi connectivity index (χ2n) is 4.50. The minimum absolute atomic E-state index is 0.541. The number of carbonyl (C=O) groups is 3. The molecule has 0 saturated carbocycles. The Hall–Kier alpha value is -1.75. The van der Waals surface area contributed by atoms with Gasteiger partial charge in [0.05, 0.1) is 0 Å². The number of hydrogen-bond donors (Lipinski definition) is 1. The first kappa shape index (κ1) is 12.7. The Morgan fingerprint density at radius 1 is 1.39 bits per heavy atom. The summed E-state index contributed by atoms with van der Waals surface area (Å²) in [7, 11) is 0. The summed E-state index contributed by atoms with van der Waals surface area (Å²) in [5.41, 5.74) is -1.81. The van der Waals surface area contributed by atoms with Gasteiger partial charge in [-0.25, -0.2) is 0 Å². The highest BCUT2D eigenvalue weighted by Crippen LogP contribution is 2.45. The molecule has 1 aliphatic carbocycles. The van der Waals surface area contributed by atoms with Crippen molar-refractivity contribution in [2.24, 2.45) is 11.3 Å². The van der Waals surface area contributed by atoms with Crippen molar-refractivity contribution < 1.29 is 24.2 Å². The fourth-order valence-electron chi connectivity index (χ4n) is 2.57. The Labute approximate surface area is 104 Å². The van der Waals surface area contributed by atoms with Crippen LogP contribution in [0.15, 0.2) is 24.3 Å². The smallest absolute Gasteiger partial charge is 0.324 e. The summed E-state index contributed by atoms with van der Waals surface area (Å²) in [6.07, 6.45) is 3.34. The van der Waals surface area contributed by atoms with Gasteiger partial charge in [0, 0.05) is 5.92 Å². The largest absolute Gasteiger partial charge is 0.454 e. The summed E-state index contributed by atoms with van der Waals surface area (Å²) < 4.78 is 4.89. The molecule has 2 aliphatic rings. The molecule has 0 bridgehead atoms. The van der Waals surface area contributed by atoms with Gasteiger partial charge in [-0.3, -0.25) is 14.4 Å². The van der Waals surface area contributed by atoms with Crippen LogP contribution >= 0.6 is 0 Å². The maximum atomic E-state index is 12.2. The van der Waals surface area contributed by atoms with Crippen LogP contribution in [0.25, 0.3) is 0 Å². The molecule has 1 aliphatic heterocycles. The number of hydrogen-bond acceptors (Lipinski definition) is 5. The number of cyclic esters (lactones) is 1. The molecule has 1 spiro atoms. The Balaban J connectivity index is 2.62. The van der Waals surface area contributed by atoms with Crippen molar-refractivity contribution in [1.82, 2.24) is 0 Å². The van der Waals surface area contributed by atoms with Crippen LogP contribution in [0, 0.1) is 11.3 Å². The van der Waals surface area contributed by atoms with Crippen LogP contribution in [-0.4, -0.2) is 34.9 Å². The maximum Gasteiger partial charge on any atom is 0.324 e. The molecule has 0 unspecified atom stereocenters. The van der Waals surface area contributed by atoms with Crippen molar-refractivity contribution >= 4 is 17.5 Å². The third-order valence-corrected chi connectivity index (χ3v) is 3.49. The average molecular weight is 250 g/mol. The molecule has 5 heteroatoms. The number of Topliss-reactive ketones (excluding diaryl/α,β-unsaturated/α-hetero) is 1. The van der Waals surface area contributed by atoms with Gasteiger partial charge in [0.25, 0.3) is 0 Å². The summed E-state index contributed by atoms with van der Waals surface area (Å²) in [4.78, 5) is 35.8. The van der Waals surface area contributed by atoms with Gasteiger partial charge in [0.1, 0.15) is 6.10 Å². The fraction of sp³-hybridized carbons (Fsp3) is 0.462. The van der Waals surface area contributed by atoms with Gasteiger partial charge in [0.15, 0.2) is 23.1 Å². The third-order valence-electron chi connectivity index (χ3n) is 3.49. The Kier molecular flexibility index (Phi) is 2.94. The molecular weight excluding hydrogens is 236 g/mol. The van der Waals surface area contributed by atoms with E-state index in [9.17, 15) is 19.5 Å². The Morgan fingerprint density at radius 2 is 2.06 bits per heavy atom. The molecule has 2 rings (SSSR count). The molecule has 1 N–H and O–H groups in total. The highest BCUT2D eigenvalue weighted by Gasteiger charge is 2.65. The van der Waals surface area contributed by atoms with Gasteiger partial charge in [0.2, 0.25) is 0 Å². The number of rotatable bonds is 1. The maximum absolute atomic E-state index is 12.2. The zero-order chi connectivity index (χ0) is 13.5. The number of aliphatic hydroxyl groups excluding tert-OH is 1. The molecule has 0 aromatic carbocycles. The molecule has 0 aromatic rings. The Morgan fingerprint density at radius 3 is 2.56 bits per heavy atom. The predicted molar refractivity (Wildman–Crippen MR) is 61.5 cm³/mol. The summed E-state index contributed by atoms with van der Waals surface area (Å²) >= 11 is 0. The van der Waals surface area contributed by atoms with Crippen LogP contribution < -0.4 is 0 Å². The highest BCUT2D eigenvalue weighted by molar-refractivity contribution is 6.17. The number of ketones is 2. The van der Waals surface area contributed by atoms with E-state index in [1.165, 1.54) is 19.1 Å². The molecule has 1 heterocycles. The third kappa shape index (κ3) is 1.40. The van der Waals surface area contributed by atoms with Crippen molar-refractivity contribution in [3.05, 3.63) is 24.3 Å². The van der Waals surface area contributed by atoms with E-state index in [4.69, 9.17) is 4.74 Å². The lowest BCUT2D eigenvalue weighted by atomic mass is 9.64. The summed E-state index contributed by atoms with van der Waals surface area (Å²) in [5, 5.41) is 10.0. The first-order chi connectivity index (χ1) is 8.46. The van der Waals surface area contributed by atoms with Crippen molar-refractivity contribution in [2.75, 3.05) is 0 Å². The summed E-state index contributed by atoms with van der Waals surface area (Å²) in [5.74, 6) is -2.66. The molecule has 0 amide bonds. The molecule has 0 aromatic heterocycles. The van der Waals surface area contributed by atoms with Crippen molar-refractivity contribution in [3.63, 3.8) is 0 Å². The number of ether oxygens (including phenoxy) is 1. The van der Waals surface area contributed by atoms with E-state index >= 15 is 0 Å². The zero-order valence-electron chi connectivity index (χ0n) is 10.1. The van der Waals surface area contributed by atoms with E-state index in [0.29, 0.717) is 0 Å². The van der Waals surface area contributed by atoms with Crippen LogP contribution in [-0.2, 0) is 19.1 Å². The second-order valence-corrected chi connectivity index (χ2v) is 4.50. The van der Waals surface area contributed by atoms with Crippen LogP contribution in [0.2, 0.25) is 0 Å². The molecule has 0 radical (unpaired) electrons. The SMILES string of the molecule is C/C=C\[C@H]1C=CC(=O)[C@@H](O)[C@]12C(=O)O[C@@H](C)C2=O. The van der Waals surface area contributed by atoms with Crippen LogP contribution in [0.4, 0.5) is 0 Å². The van der Waals surface area contributed by atoms with Crippen molar-refractivity contribution in [1.29, 1.82) is 0 Å². The monoisotopic (exact) mass is 250 g/mol. The van der Waals surface area contributed by atoms with E-state index in [2.05, 4.69) is 0 Å². The lowest BCUT2D eigenvalue weighted by molar-refractivity contribution is -0.160. The summed E-state index contributed by atoms with van der Waals surface area (Å²) in [6, 6.07) is 0. The normalized spacial score (nSPS) is 39.9. The van der Waals surface area contributed by atoms with Crippen molar-refractivity contribution in [2.45, 2.75) is 26.1 Å². The van der Waals surface area contributed by atoms with E-state index in [-0.39, 0.29) is 0 Å². The first-order valence-corrected chi connectivity index (χ1v) is 5.74. The molecule has 96 valence electrons. The topological polar surface area (TPSA) is 80.7 Å². The Bertz CT molecular complexity index is 476. The first-order valence-electron chi connectivity index (χ1n) is 5.74. The molecule has 5 nitrogen and oxygen atoms in total. The summed E-state index contributed by atoms with van der Waals surface area (Å²) in [6.45, 7) is 3.18. The van der Waals surface area contributed by atoms with Gasteiger partial charge in [-0.2, -0.15) is 0 Å². The average Bonchev–Trinajstić information content (AvgIpc) is 2.54. The fourth-order valence-corrected chi connectivity index (χ4v) is 2.57. The number of allylic oxidation sites excluding steroid dienone is 3. The number of aliphatic hydroxyl groups is 1. The highest BCUT2D eigenvalue weighted by atomic mass is 16.6. The van der Waals surface area contributed by atoms with Gasteiger partial charge >= 0.3 is 5.97 Å².